The van der Waals surface area contributed by atoms with Crippen LogP contribution in [0.2, 0.25) is 0 Å². The molecule has 2 aromatic carbocycles. The zero-order valence-electron chi connectivity index (χ0n) is 14.4. The molecule has 0 amide bonds. The highest BCUT2D eigenvalue weighted by Crippen LogP contribution is 2.30. The van der Waals surface area contributed by atoms with Crippen LogP contribution in [0.1, 0.15) is 5.56 Å². The Hall–Kier alpha value is -2.27. The number of nitrogens with one attached hydrogen (secondary N) is 1. The van der Waals surface area contributed by atoms with E-state index >= 15 is 0 Å². The molecule has 0 saturated heterocycles. The lowest BCUT2D eigenvalue weighted by Gasteiger charge is -2.12. The molecular weight excluding hydrogens is 330 g/mol. The van der Waals surface area contributed by atoms with Gasteiger partial charge in [-0.1, -0.05) is 6.07 Å². The Labute approximate surface area is 149 Å². The van der Waals surface area contributed by atoms with Crippen molar-refractivity contribution in [3.63, 3.8) is 0 Å². The molecule has 0 atom stereocenters. The van der Waals surface area contributed by atoms with Crippen LogP contribution in [0.4, 0.5) is 5.69 Å². The van der Waals surface area contributed by atoms with Gasteiger partial charge in [-0.15, -0.1) is 12.4 Å². The number of anilines is 1. The topological polar surface area (TPSA) is 49.0 Å². The normalized spacial score (nSPS) is 9.67. The lowest BCUT2D eigenvalue weighted by atomic mass is 10.1. The fourth-order valence-corrected chi connectivity index (χ4v) is 2.33. The fraction of sp³-hybridized carbons (Fsp3) is 0.333. The van der Waals surface area contributed by atoms with E-state index in [0.717, 1.165) is 35.9 Å². The Balaban J connectivity index is 0.00000288. The van der Waals surface area contributed by atoms with E-state index in [0.29, 0.717) is 5.75 Å². The molecule has 132 valence electrons. The molecule has 5 nitrogen and oxygen atoms in total. The number of benzene rings is 2. The zero-order chi connectivity index (χ0) is 16.7. The Morgan fingerprint density at radius 1 is 0.708 bits per heavy atom. The predicted octanol–water partition coefficient (Wildman–Crippen LogP) is 3.80. The van der Waals surface area contributed by atoms with E-state index in [4.69, 9.17) is 18.9 Å². The van der Waals surface area contributed by atoms with E-state index in [1.165, 1.54) is 5.56 Å². The molecule has 0 bridgehead atoms. The lowest BCUT2D eigenvalue weighted by Crippen LogP contribution is -2.05. The highest BCUT2D eigenvalue weighted by molar-refractivity contribution is 5.85. The molecule has 1 N–H and O–H groups in total. The molecule has 0 aliphatic carbocycles. The van der Waals surface area contributed by atoms with Gasteiger partial charge in [-0.2, -0.15) is 0 Å². The quantitative estimate of drug-likeness (QED) is 0.782. The Kier molecular flexibility index (Phi) is 8.06. The van der Waals surface area contributed by atoms with Crippen LogP contribution < -0.4 is 24.3 Å². The van der Waals surface area contributed by atoms with Gasteiger partial charge >= 0.3 is 0 Å². The summed E-state index contributed by atoms with van der Waals surface area (Å²) in [7, 11) is 6.53. The first-order valence-corrected chi connectivity index (χ1v) is 7.38. The smallest absolute Gasteiger partial charge is 0.162 e. The lowest BCUT2D eigenvalue weighted by molar-refractivity contribution is 0.354. The number of rotatable bonds is 8. The van der Waals surface area contributed by atoms with E-state index in [9.17, 15) is 0 Å². The van der Waals surface area contributed by atoms with E-state index in [1.807, 2.05) is 36.4 Å². The monoisotopic (exact) mass is 353 g/mol. The van der Waals surface area contributed by atoms with Gasteiger partial charge in [-0.3, -0.25) is 0 Å². The van der Waals surface area contributed by atoms with E-state index in [1.54, 1.807) is 28.4 Å². The molecule has 0 heterocycles. The van der Waals surface area contributed by atoms with Gasteiger partial charge in [0.05, 0.1) is 28.4 Å². The van der Waals surface area contributed by atoms with E-state index in [2.05, 4.69) is 5.32 Å². The summed E-state index contributed by atoms with van der Waals surface area (Å²) < 4.78 is 21.1. The van der Waals surface area contributed by atoms with Crippen LogP contribution in [0.5, 0.6) is 23.0 Å². The third kappa shape index (κ3) is 4.86. The van der Waals surface area contributed by atoms with Crippen LogP contribution >= 0.6 is 12.4 Å². The van der Waals surface area contributed by atoms with Crippen molar-refractivity contribution < 1.29 is 18.9 Å². The molecule has 0 aromatic heterocycles. The predicted molar refractivity (Wildman–Crippen MR) is 98.5 cm³/mol. The number of halogens is 1. The summed E-state index contributed by atoms with van der Waals surface area (Å²) in [4.78, 5) is 0. The van der Waals surface area contributed by atoms with E-state index in [-0.39, 0.29) is 12.4 Å². The molecular formula is C18H24ClNO4. The second kappa shape index (κ2) is 9.78. The summed E-state index contributed by atoms with van der Waals surface area (Å²) in [5.41, 5.74) is 2.17. The first kappa shape index (κ1) is 19.8. The standard InChI is InChI=1S/C18H23NO4.ClH/c1-20-15-7-5-13(11-17(15)22-3)9-10-19-14-6-8-16(21-2)18(12-14)23-4;/h5-8,11-12,19H,9-10H2,1-4H3;1H. The molecule has 0 aliphatic rings. The second-order valence-electron chi connectivity index (χ2n) is 4.94. The fourth-order valence-electron chi connectivity index (χ4n) is 2.33. The maximum atomic E-state index is 5.32. The third-order valence-electron chi connectivity index (χ3n) is 3.57. The van der Waals surface area contributed by atoms with Crippen LogP contribution in [0, 0.1) is 0 Å². The Morgan fingerprint density at radius 2 is 1.25 bits per heavy atom. The molecule has 0 radical (unpaired) electrons. The highest BCUT2D eigenvalue weighted by Gasteiger charge is 2.06. The van der Waals surface area contributed by atoms with Crippen molar-refractivity contribution in [2.75, 3.05) is 40.3 Å². The summed E-state index contributed by atoms with van der Waals surface area (Å²) in [5, 5.41) is 3.38. The van der Waals surface area contributed by atoms with Crippen LogP contribution in [-0.4, -0.2) is 35.0 Å². The zero-order valence-corrected chi connectivity index (χ0v) is 15.2. The molecule has 0 aliphatic heterocycles. The summed E-state index contributed by atoms with van der Waals surface area (Å²) in [5.74, 6) is 2.92. The van der Waals surface area contributed by atoms with E-state index < -0.39 is 0 Å². The summed E-state index contributed by atoms with van der Waals surface area (Å²) >= 11 is 0. The van der Waals surface area contributed by atoms with Crippen LogP contribution in [0.3, 0.4) is 0 Å². The minimum Gasteiger partial charge on any atom is -0.493 e. The van der Waals surface area contributed by atoms with Crippen molar-refractivity contribution in [1.29, 1.82) is 0 Å². The maximum Gasteiger partial charge on any atom is 0.162 e. The van der Waals surface area contributed by atoms with Crippen molar-refractivity contribution in [1.82, 2.24) is 0 Å². The summed E-state index contributed by atoms with van der Waals surface area (Å²) in [6, 6.07) is 11.7. The van der Waals surface area contributed by atoms with Crippen LogP contribution in [-0.2, 0) is 6.42 Å². The Morgan fingerprint density at radius 3 is 1.83 bits per heavy atom. The molecule has 2 rings (SSSR count). The number of hydrogen-bond donors (Lipinski definition) is 1. The molecule has 0 unspecified atom stereocenters. The first-order valence-electron chi connectivity index (χ1n) is 7.38. The van der Waals surface area contributed by atoms with Gasteiger partial charge in [0.25, 0.3) is 0 Å². The average Bonchev–Trinajstić information content (AvgIpc) is 2.61. The van der Waals surface area contributed by atoms with Crippen molar-refractivity contribution in [2.45, 2.75) is 6.42 Å². The van der Waals surface area contributed by atoms with Gasteiger partial charge in [0, 0.05) is 18.3 Å². The van der Waals surface area contributed by atoms with Crippen molar-refractivity contribution >= 4 is 18.1 Å². The van der Waals surface area contributed by atoms with Gasteiger partial charge in [0.1, 0.15) is 0 Å². The molecule has 0 fully saturated rings. The summed E-state index contributed by atoms with van der Waals surface area (Å²) in [6.07, 6.45) is 0.870. The van der Waals surface area contributed by atoms with Gasteiger partial charge in [0.2, 0.25) is 0 Å². The number of methoxy groups -OCH3 is 4. The van der Waals surface area contributed by atoms with Crippen molar-refractivity contribution in [2.24, 2.45) is 0 Å². The third-order valence-corrected chi connectivity index (χ3v) is 3.57. The SMILES string of the molecule is COc1ccc(CCNc2ccc(OC)c(OC)c2)cc1OC.Cl. The molecule has 24 heavy (non-hydrogen) atoms. The van der Waals surface area contributed by atoms with Gasteiger partial charge < -0.3 is 24.3 Å². The molecule has 0 spiro atoms. The average molecular weight is 354 g/mol. The first-order chi connectivity index (χ1) is 11.2. The number of ether oxygens (including phenoxy) is 4. The largest absolute Gasteiger partial charge is 0.493 e. The van der Waals surface area contributed by atoms with Crippen LogP contribution in [0.25, 0.3) is 0 Å². The maximum absolute atomic E-state index is 5.32. The van der Waals surface area contributed by atoms with Gasteiger partial charge in [-0.05, 0) is 36.2 Å². The molecule has 0 saturated carbocycles. The van der Waals surface area contributed by atoms with Crippen molar-refractivity contribution in [3.05, 3.63) is 42.0 Å². The van der Waals surface area contributed by atoms with Gasteiger partial charge in [-0.25, -0.2) is 0 Å². The van der Waals surface area contributed by atoms with Crippen LogP contribution in [0.15, 0.2) is 36.4 Å². The Bertz CT molecular complexity index is 593. The molecule has 6 heteroatoms. The minimum absolute atomic E-state index is 0. The molecule has 2 aromatic rings. The summed E-state index contributed by atoms with van der Waals surface area (Å²) in [6.45, 7) is 0.797. The van der Waals surface area contributed by atoms with Crippen molar-refractivity contribution in [3.8, 4) is 23.0 Å². The minimum atomic E-state index is 0. The highest BCUT2D eigenvalue weighted by atomic mass is 35.5. The number of hydrogen-bond acceptors (Lipinski definition) is 5. The van der Waals surface area contributed by atoms with Gasteiger partial charge in [0.15, 0.2) is 23.0 Å². The second-order valence-corrected chi connectivity index (χ2v) is 4.94.